The number of anilines is 1. The molecule has 0 radical (unpaired) electrons. The highest BCUT2D eigenvalue weighted by atomic mass is 127. The van der Waals surface area contributed by atoms with Crippen molar-refractivity contribution in [2.45, 2.75) is 25.9 Å². The minimum absolute atomic E-state index is 0.530. The van der Waals surface area contributed by atoms with Gasteiger partial charge in [0, 0.05) is 39.3 Å². The van der Waals surface area contributed by atoms with Crippen molar-refractivity contribution < 1.29 is 4.74 Å². The van der Waals surface area contributed by atoms with Gasteiger partial charge in [-0.1, -0.05) is 13.1 Å². The molecule has 0 saturated carbocycles. The predicted molar refractivity (Wildman–Crippen MR) is 94.2 cm³/mol. The Balaban J connectivity index is 2.21. The van der Waals surface area contributed by atoms with Crippen molar-refractivity contribution in [2.75, 3.05) is 25.6 Å². The summed E-state index contributed by atoms with van der Waals surface area (Å²) in [5.41, 5.74) is 0.940. The van der Waals surface area contributed by atoms with Crippen LogP contribution in [0, 0.1) is 3.57 Å². The maximum atomic E-state index is 5.77. The fraction of sp³-hybridized carbons (Fsp3) is 0.538. The van der Waals surface area contributed by atoms with Gasteiger partial charge < -0.3 is 14.2 Å². The summed E-state index contributed by atoms with van der Waals surface area (Å²) in [6, 6.07) is 1.22. The number of halogens is 1. The molecule has 2 rings (SSSR count). The van der Waals surface area contributed by atoms with Crippen LogP contribution < -0.4 is 4.90 Å². The van der Waals surface area contributed by atoms with E-state index in [0.717, 1.165) is 27.0 Å². The van der Waals surface area contributed by atoms with E-state index >= 15 is 0 Å². The van der Waals surface area contributed by atoms with E-state index < -0.39 is 8.80 Å². The molecule has 20 heavy (non-hydrogen) atoms. The van der Waals surface area contributed by atoms with Gasteiger partial charge in [0.15, 0.2) is 0 Å². The molecular formula is C13H21IN4OSi. The molecule has 2 aromatic rings. The standard InChI is InChI=1S/C13H21IN4OSi/c1-17(2)12-11-10(14)7-18(13(11)16-8-15-12)9-19-5-6-20(3)4/h7-8,20H,5-6,9H2,1-4H3. The lowest BCUT2D eigenvalue weighted by atomic mass is 10.3. The SMILES string of the molecule is CN(C)c1ncnc2c1c(I)cn2COCC[SiH](C)C. The first-order valence-electron chi connectivity index (χ1n) is 6.75. The number of aromatic nitrogens is 3. The van der Waals surface area contributed by atoms with Crippen molar-refractivity contribution in [3.8, 4) is 0 Å². The Bertz CT molecular complexity index is 585. The van der Waals surface area contributed by atoms with Gasteiger partial charge in [-0.05, 0) is 28.6 Å². The monoisotopic (exact) mass is 404 g/mol. The maximum Gasteiger partial charge on any atom is 0.148 e. The van der Waals surface area contributed by atoms with E-state index in [0.29, 0.717) is 6.73 Å². The molecule has 110 valence electrons. The zero-order valence-corrected chi connectivity index (χ0v) is 15.7. The Kier molecular flexibility index (Phi) is 5.39. The average molecular weight is 404 g/mol. The van der Waals surface area contributed by atoms with Crippen LogP contribution >= 0.6 is 22.6 Å². The number of fused-ring (bicyclic) bond motifs is 1. The largest absolute Gasteiger partial charge is 0.362 e. The van der Waals surface area contributed by atoms with Crippen LogP contribution in [0.3, 0.4) is 0 Å². The Morgan fingerprint density at radius 1 is 1.35 bits per heavy atom. The number of nitrogens with zero attached hydrogens (tertiary/aromatic N) is 4. The van der Waals surface area contributed by atoms with Crippen LogP contribution in [0.4, 0.5) is 5.82 Å². The molecule has 0 fully saturated rings. The van der Waals surface area contributed by atoms with Gasteiger partial charge in [-0.3, -0.25) is 0 Å². The van der Waals surface area contributed by atoms with E-state index in [1.165, 1.54) is 6.04 Å². The normalized spacial score (nSPS) is 11.5. The lowest BCUT2D eigenvalue weighted by molar-refractivity contribution is 0.0901. The summed E-state index contributed by atoms with van der Waals surface area (Å²) in [6.07, 6.45) is 3.70. The van der Waals surface area contributed by atoms with E-state index in [1.807, 2.05) is 19.0 Å². The second-order valence-corrected chi connectivity index (χ2v) is 9.98. The van der Waals surface area contributed by atoms with Crippen LogP contribution in [0.25, 0.3) is 11.0 Å². The van der Waals surface area contributed by atoms with Crippen molar-refractivity contribution in [1.29, 1.82) is 0 Å². The third kappa shape index (κ3) is 3.50. The molecule has 0 atom stereocenters. The smallest absolute Gasteiger partial charge is 0.148 e. The molecule has 2 heterocycles. The van der Waals surface area contributed by atoms with E-state index in [-0.39, 0.29) is 0 Å². The third-order valence-electron chi connectivity index (χ3n) is 3.08. The first kappa shape index (κ1) is 15.7. The highest BCUT2D eigenvalue weighted by Gasteiger charge is 2.14. The lowest BCUT2D eigenvalue weighted by Crippen LogP contribution is -2.12. The molecular weight excluding hydrogens is 383 g/mol. The van der Waals surface area contributed by atoms with Gasteiger partial charge >= 0.3 is 0 Å². The van der Waals surface area contributed by atoms with Crippen molar-refractivity contribution in [1.82, 2.24) is 14.5 Å². The van der Waals surface area contributed by atoms with Gasteiger partial charge in [-0.2, -0.15) is 0 Å². The second-order valence-electron chi connectivity index (χ2n) is 5.46. The molecule has 0 spiro atoms. The third-order valence-corrected chi connectivity index (χ3v) is 5.29. The van der Waals surface area contributed by atoms with Crippen molar-refractivity contribution in [3.05, 3.63) is 16.1 Å². The summed E-state index contributed by atoms with van der Waals surface area (Å²) >= 11 is 2.33. The number of rotatable bonds is 6. The molecule has 0 saturated heterocycles. The van der Waals surface area contributed by atoms with Gasteiger partial charge in [0.1, 0.15) is 24.5 Å². The van der Waals surface area contributed by atoms with Gasteiger partial charge in [0.25, 0.3) is 0 Å². The molecule has 0 aliphatic carbocycles. The Labute approximate surface area is 135 Å². The second kappa shape index (κ2) is 6.86. The lowest BCUT2D eigenvalue weighted by Gasteiger charge is -2.12. The average Bonchev–Trinajstić information content (AvgIpc) is 2.71. The summed E-state index contributed by atoms with van der Waals surface area (Å²) < 4.78 is 8.99. The van der Waals surface area contributed by atoms with Gasteiger partial charge in [-0.25, -0.2) is 9.97 Å². The molecule has 0 amide bonds. The van der Waals surface area contributed by atoms with Crippen LogP contribution in [0.15, 0.2) is 12.5 Å². The van der Waals surface area contributed by atoms with Crippen LogP contribution in [-0.4, -0.2) is 44.0 Å². The summed E-state index contributed by atoms with van der Waals surface area (Å²) in [4.78, 5) is 10.8. The van der Waals surface area contributed by atoms with Gasteiger partial charge in [0.05, 0.1) is 5.39 Å². The number of ether oxygens (including phenoxy) is 1. The maximum absolute atomic E-state index is 5.77. The summed E-state index contributed by atoms with van der Waals surface area (Å²) in [5.74, 6) is 0.952. The highest BCUT2D eigenvalue weighted by molar-refractivity contribution is 14.1. The van der Waals surface area contributed by atoms with Crippen molar-refractivity contribution >= 4 is 48.2 Å². The topological polar surface area (TPSA) is 43.2 Å². The molecule has 2 aromatic heterocycles. The van der Waals surface area contributed by atoms with E-state index in [4.69, 9.17) is 4.74 Å². The summed E-state index contributed by atoms with van der Waals surface area (Å²) in [7, 11) is 3.47. The zero-order valence-electron chi connectivity index (χ0n) is 12.4. The Morgan fingerprint density at radius 2 is 2.10 bits per heavy atom. The minimum atomic E-state index is -0.530. The molecule has 0 aliphatic heterocycles. The fourth-order valence-corrected chi connectivity index (χ4v) is 3.44. The summed E-state index contributed by atoms with van der Waals surface area (Å²) in [6.45, 7) is 6.08. The first-order valence-corrected chi connectivity index (χ1v) is 11.0. The fourth-order valence-electron chi connectivity index (χ4n) is 1.98. The number of hydrogen-bond acceptors (Lipinski definition) is 4. The van der Waals surface area contributed by atoms with E-state index in [2.05, 4.69) is 56.4 Å². The van der Waals surface area contributed by atoms with Crippen molar-refractivity contribution in [3.63, 3.8) is 0 Å². The van der Waals surface area contributed by atoms with E-state index in [9.17, 15) is 0 Å². The molecule has 0 bridgehead atoms. The van der Waals surface area contributed by atoms with Crippen LogP contribution in [-0.2, 0) is 11.5 Å². The highest BCUT2D eigenvalue weighted by Crippen LogP contribution is 2.28. The molecule has 5 nitrogen and oxygen atoms in total. The molecule has 0 aliphatic rings. The van der Waals surface area contributed by atoms with Crippen LogP contribution in [0.2, 0.25) is 19.1 Å². The van der Waals surface area contributed by atoms with Crippen LogP contribution in [0.5, 0.6) is 0 Å². The van der Waals surface area contributed by atoms with Crippen molar-refractivity contribution in [2.24, 2.45) is 0 Å². The van der Waals surface area contributed by atoms with Gasteiger partial charge in [-0.15, -0.1) is 0 Å². The predicted octanol–water partition coefficient (Wildman–Crippen LogP) is 2.56. The molecule has 0 aromatic carbocycles. The Morgan fingerprint density at radius 3 is 2.75 bits per heavy atom. The minimum Gasteiger partial charge on any atom is -0.362 e. The number of hydrogen-bond donors (Lipinski definition) is 0. The van der Waals surface area contributed by atoms with Gasteiger partial charge in [0.2, 0.25) is 0 Å². The van der Waals surface area contributed by atoms with E-state index in [1.54, 1.807) is 6.33 Å². The molecule has 0 unspecified atom stereocenters. The first-order chi connectivity index (χ1) is 9.50. The molecule has 7 heteroatoms. The zero-order chi connectivity index (χ0) is 14.7. The summed E-state index contributed by atoms with van der Waals surface area (Å²) in [5, 5.41) is 1.10. The van der Waals surface area contributed by atoms with Crippen LogP contribution in [0.1, 0.15) is 0 Å². The quantitative estimate of drug-likeness (QED) is 0.422. The molecule has 0 N–H and O–H groups in total. The Hall–Kier alpha value is -0.673.